The number of anilines is 1. The molecular formula is C23H32N2O. The van der Waals surface area contributed by atoms with Gasteiger partial charge in [0.05, 0.1) is 7.11 Å². The van der Waals surface area contributed by atoms with E-state index in [4.69, 9.17) is 4.74 Å². The highest BCUT2D eigenvalue weighted by atomic mass is 16.5. The molecule has 3 rings (SSSR count). The molecule has 0 radical (unpaired) electrons. The Hall–Kier alpha value is -2.00. The van der Waals surface area contributed by atoms with Gasteiger partial charge in [-0.2, -0.15) is 0 Å². The monoisotopic (exact) mass is 352 g/mol. The molecule has 1 heterocycles. The summed E-state index contributed by atoms with van der Waals surface area (Å²) in [5.41, 5.74) is 5.54. The van der Waals surface area contributed by atoms with Crippen molar-refractivity contribution in [2.75, 3.05) is 38.2 Å². The van der Waals surface area contributed by atoms with Gasteiger partial charge in [0.15, 0.2) is 0 Å². The molecule has 0 aliphatic carbocycles. The molecule has 0 saturated carbocycles. The Labute approximate surface area is 158 Å². The van der Waals surface area contributed by atoms with Crippen molar-refractivity contribution in [2.45, 2.75) is 39.7 Å². The molecule has 3 heteroatoms. The van der Waals surface area contributed by atoms with Crippen LogP contribution in [0.25, 0.3) is 0 Å². The first-order valence-electron chi connectivity index (χ1n) is 9.76. The van der Waals surface area contributed by atoms with Crippen molar-refractivity contribution in [1.82, 2.24) is 4.90 Å². The van der Waals surface area contributed by atoms with E-state index in [0.29, 0.717) is 6.04 Å². The summed E-state index contributed by atoms with van der Waals surface area (Å²) in [6.07, 6.45) is 2.33. The number of rotatable bonds is 6. The third kappa shape index (κ3) is 4.59. The van der Waals surface area contributed by atoms with Gasteiger partial charge in [0.1, 0.15) is 5.75 Å². The zero-order valence-electron chi connectivity index (χ0n) is 16.7. The lowest BCUT2D eigenvalue weighted by Gasteiger charge is -2.39. The predicted molar refractivity (Wildman–Crippen MR) is 110 cm³/mol. The average molecular weight is 353 g/mol. The van der Waals surface area contributed by atoms with Crippen molar-refractivity contribution < 1.29 is 4.74 Å². The van der Waals surface area contributed by atoms with Gasteiger partial charge in [0.25, 0.3) is 0 Å². The standard InChI is InChI=1S/C23H32N2O/c1-18-5-6-19(2)23(17-18)25-15-13-24(14-16-25)20(3)7-8-21-9-11-22(26-4)12-10-21/h5-6,9-12,17,20H,7-8,13-16H2,1-4H3. The minimum absolute atomic E-state index is 0.623. The fourth-order valence-electron chi connectivity index (χ4n) is 3.81. The quantitative estimate of drug-likeness (QED) is 0.764. The van der Waals surface area contributed by atoms with Gasteiger partial charge in [-0.1, -0.05) is 24.3 Å². The Morgan fingerprint density at radius 3 is 2.31 bits per heavy atom. The normalized spacial score (nSPS) is 16.5. The summed E-state index contributed by atoms with van der Waals surface area (Å²) < 4.78 is 5.24. The Bertz CT molecular complexity index is 703. The number of ether oxygens (including phenoxy) is 1. The largest absolute Gasteiger partial charge is 0.497 e. The lowest BCUT2D eigenvalue weighted by Crippen LogP contribution is -2.49. The van der Waals surface area contributed by atoms with E-state index in [1.54, 1.807) is 7.11 Å². The molecule has 1 unspecified atom stereocenters. The second-order valence-electron chi connectivity index (χ2n) is 7.55. The molecule has 26 heavy (non-hydrogen) atoms. The summed E-state index contributed by atoms with van der Waals surface area (Å²) in [5, 5.41) is 0. The molecule has 0 N–H and O–H groups in total. The van der Waals surface area contributed by atoms with Gasteiger partial charge in [0.2, 0.25) is 0 Å². The summed E-state index contributed by atoms with van der Waals surface area (Å²) in [4.78, 5) is 5.19. The third-order valence-electron chi connectivity index (χ3n) is 5.65. The number of nitrogens with zero attached hydrogens (tertiary/aromatic N) is 2. The SMILES string of the molecule is COc1ccc(CCC(C)N2CCN(c3cc(C)ccc3C)CC2)cc1. The van der Waals surface area contributed by atoms with Crippen LogP contribution in [0.15, 0.2) is 42.5 Å². The van der Waals surface area contributed by atoms with E-state index in [-0.39, 0.29) is 0 Å². The summed E-state index contributed by atoms with van der Waals surface area (Å²) in [6.45, 7) is 11.3. The fourth-order valence-corrected chi connectivity index (χ4v) is 3.81. The predicted octanol–water partition coefficient (Wildman–Crippen LogP) is 4.46. The minimum atomic E-state index is 0.623. The molecule has 0 spiro atoms. The van der Waals surface area contributed by atoms with Crippen LogP contribution in [0.1, 0.15) is 30.0 Å². The van der Waals surface area contributed by atoms with Gasteiger partial charge < -0.3 is 9.64 Å². The average Bonchev–Trinajstić information content (AvgIpc) is 2.68. The van der Waals surface area contributed by atoms with Crippen LogP contribution in [-0.4, -0.2) is 44.2 Å². The van der Waals surface area contributed by atoms with Gasteiger partial charge >= 0.3 is 0 Å². The first-order valence-corrected chi connectivity index (χ1v) is 9.76. The van der Waals surface area contributed by atoms with Gasteiger partial charge in [0, 0.05) is 37.9 Å². The van der Waals surface area contributed by atoms with Crippen molar-refractivity contribution in [3.8, 4) is 5.75 Å². The van der Waals surface area contributed by atoms with Crippen LogP contribution in [0.4, 0.5) is 5.69 Å². The summed E-state index contributed by atoms with van der Waals surface area (Å²) in [7, 11) is 1.72. The summed E-state index contributed by atoms with van der Waals surface area (Å²) in [6, 6.07) is 15.9. The van der Waals surface area contributed by atoms with E-state index in [1.807, 2.05) is 0 Å². The van der Waals surface area contributed by atoms with Crippen LogP contribution in [-0.2, 0) is 6.42 Å². The van der Waals surface area contributed by atoms with E-state index in [9.17, 15) is 0 Å². The Morgan fingerprint density at radius 1 is 0.962 bits per heavy atom. The van der Waals surface area contributed by atoms with Crippen LogP contribution >= 0.6 is 0 Å². The Kier molecular flexibility index (Phi) is 6.20. The zero-order chi connectivity index (χ0) is 18.5. The number of piperazine rings is 1. The van der Waals surface area contributed by atoms with Gasteiger partial charge in [-0.25, -0.2) is 0 Å². The molecule has 2 aromatic rings. The van der Waals surface area contributed by atoms with Crippen LogP contribution in [0, 0.1) is 13.8 Å². The molecule has 0 bridgehead atoms. The molecule has 2 aromatic carbocycles. The van der Waals surface area contributed by atoms with E-state index < -0.39 is 0 Å². The van der Waals surface area contributed by atoms with Crippen LogP contribution in [0.3, 0.4) is 0 Å². The lowest BCUT2D eigenvalue weighted by atomic mass is 10.0. The molecule has 0 amide bonds. The van der Waals surface area contributed by atoms with Crippen LogP contribution < -0.4 is 9.64 Å². The molecule has 1 fully saturated rings. The number of benzene rings is 2. The maximum absolute atomic E-state index is 5.24. The smallest absolute Gasteiger partial charge is 0.118 e. The maximum atomic E-state index is 5.24. The third-order valence-corrected chi connectivity index (χ3v) is 5.65. The van der Waals surface area contributed by atoms with Gasteiger partial charge in [-0.3, -0.25) is 4.90 Å². The second kappa shape index (κ2) is 8.59. The summed E-state index contributed by atoms with van der Waals surface area (Å²) >= 11 is 0. The Balaban J connectivity index is 1.50. The van der Waals surface area contributed by atoms with Crippen molar-refractivity contribution >= 4 is 5.69 Å². The zero-order valence-corrected chi connectivity index (χ0v) is 16.7. The first-order chi connectivity index (χ1) is 12.6. The Morgan fingerprint density at radius 2 is 1.65 bits per heavy atom. The van der Waals surface area contributed by atoms with Gasteiger partial charge in [-0.15, -0.1) is 0 Å². The first kappa shape index (κ1) is 18.8. The lowest BCUT2D eigenvalue weighted by molar-refractivity contribution is 0.188. The van der Waals surface area contributed by atoms with Crippen LogP contribution in [0.5, 0.6) is 5.75 Å². The molecule has 1 aliphatic rings. The highest BCUT2D eigenvalue weighted by Gasteiger charge is 2.22. The van der Waals surface area contributed by atoms with Crippen molar-refractivity contribution in [1.29, 1.82) is 0 Å². The van der Waals surface area contributed by atoms with Crippen molar-refractivity contribution in [2.24, 2.45) is 0 Å². The van der Waals surface area contributed by atoms with Crippen molar-refractivity contribution in [3.63, 3.8) is 0 Å². The highest BCUT2D eigenvalue weighted by Crippen LogP contribution is 2.24. The van der Waals surface area contributed by atoms with Crippen molar-refractivity contribution in [3.05, 3.63) is 59.2 Å². The topological polar surface area (TPSA) is 15.7 Å². The van der Waals surface area contributed by atoms with Crippen LogP contribution in [0.2, 0.25) is 0 Å². The number of aryl methyl sites for hydroxylation is 3. The minimum Gasteiger partial charge on any atom is -0.497 e. The number of hydrogen-bond acceptors (Lipinski definition) is 3. The van der Waals surface area contributed by atoms with E-state index in [1.165, 1.54) is 28.8 Å². The second-order valence-corrected chi connectivity index (χ2v) is 7.55. The number of hydrogen-bond donors (Lipinski definition) is 0. The molecular weight excluding hydrogens is 320 g/mol. The maximum Gasteiger partial charge on any atom is 0.118 e. The molecule has 1 aliphatic heterocycles. The number of methoxy groups -OCH3 is 1. The van der Waals surface area contributed by atoms with E-state index in [2.05, 4.69) is 73.0 Å². The summed E-state index contributed by atoms with van der Waals surface area (Å²) in [5.74, 6) is 0.935. The molecule has 140 valence electrons. The van der Waals surface area contributed by atoms with E-state index >= 15 is 0 Å². The molecule has 0 aromatic heterocycles. The molecule has 1 atom stereocenters. The molecule has 1 saturated heterocycles. The fraction of sp³-hybridized carbons (Fsp3) is 0.478. The molecule has 3 nitrogen and oxygen atoms in total. The van der Waals surface area contributed by atoms with E-state index in [0.717, 1.165) is 38.3 Å². The van der Waals surface area contributed by atoms with Gasteiger partial charge in [-0.05, 0) is 68.5 Å². The highest BCUT2D eigenvalue weighted by molar-refractivity contribution is 5.55.